The van der Waals surface area contributed by atoms with Crippen LogP contribution in [0.4, 0.5) is 0 Å². The summed E-state index contributed by atoms with van der Waals surface area (Å²) in [6.07, 6.45) is 6.06. The topological polar surface area (TPSA) is 132 Å². The summed E-state index contributed by atoms with van der Waals surface area (Å²) in [5, 5.41) is 17.8. The van der Waals surface area contributed by atoms with Crippen molar-refractivity contribution in [1.29, 1.82) is 0 Å². The van der Waals surface area contributed by atoms with Gasteiger partial charge in [0.15, 0.2) is 6.61 Å². The number of fused-ring (bicyclic) bond motifs is 5. The molecule has 9 heteroatoms. The summed E-state index contributed by atoms with van der Waals surface area (Å²) in [5.41, 5.74) is -1.01. The molecule has 0 aliphatic heterocycles. The number of carbonyl (C=O) groups excluding carboxylic acids is 2. The van der Waals surface area contributed by atoms with Crippen molar-refractivity contribution in [2.24, 2.45) is 56.7 Å². The number of aliphatic hydroxyl groups is 1. The van der Waals surface area contributed by atoms with Gasteiger partial charge in [0, 0.05) is 6.42 Å². The molecule has 11 unspecified atom stereocenters. The Labute approximate surface area is 232 Å². The van der Waals surface area contributed by atoms with E-state index in [0.29, 0.717) is 25.7 Å². The molecule has 220 valence electrons. The fourth-order valence-electron chi connectivity index (χ4n) is 9.53. The number of esters is 2. The van der Waals surface area contributed by atoms with Crippen LogP contribution in [0.5, 0.6) is 0 Å². The average molecular weight is 549 g/mol. The minimum Gasteiger partial charge on any atom is -0.457 e. The van der Waals surface area contributed by atoms with Crippen LogP contribution >= 0.6 is 0 Å². The van der Waals surface area contributed by atoms with Gasteiger partial charge in [0.1, 0.15) is 5.60 Å². The largest absolute Gasteiger partial charge is 0.457 e. The Balaban J connectivity index is 1.46. The Morgan fingerprint density at radius 1 is 1.00 bits per heavy atom. The molecule has 4 aliphatic rings. The van der Waals surface area contributed by atoms with Crippen molar-refractivity contribution in [3.63, 3.8) is 0 Å². The number of hydrogen-bond acceptors (Lipinski definition) is 9. The van der Waals surface area contributed by atoms with Crippen molar-refractivity contribution < 1.29 is 24.2 Å². The highest BCUT2D eigenvalue weighted by atomic mass is 16.6. The lowest BCUT2D eigenvalue weighted by Gasteiger charge is -2.63. The van der Waals surface area contributed by atoms with Crippen LogP contribution in [0.2, 0.25) is 0 Å². The van der Waals surface area contributed by atoms with Crippen LogP contribution in [0, 0.1) is 56.2 Å². The molecule has 4 rings (SSSR count). The predicted octanol–water partition coefficient (Wildman–Crippen LogP) is 5.80. The van der Waals surface area contributed by atoms with Crippen molar-refractivity contribution in [2.75, 3.05) is 6.61 Å². The van der Waals surface area contributed by atoms with Gasteiger partial charge in [0.05, 0.1) is 18.2 Å². The standard InChI is InChI=1S/C30H48N2O7/c1-17(7-10-25(34)38-16-26(35)39-28(2,3)4)20-8-9-21-27-22(15-24(32-37)30(20,21)6)29(5)12-11-19(33)13-18(29)14-23(27)31-36/h17-24,27,33H,7-16H2,1-6H3. The Bertz CT molecular complexity index is 950. The molecule has 0 aromatic heterocycles. The van der Waals surface area contributed by atoms with Crippen molar-refractivity contribution >= 4 is 11.9 Å². The maximum Gasteiger partial charge on any atom is 0.344 e. The first kappa shape index (κ1) is 30.1. The first-order valence-electron chi connectivity index (χ1n) is 14.9. The van der Waals surface area contributed by atoms with E-state index in [1.807, 2.05) is 0 Å². The Morgan fingerprint density at radius 3 is 2.36 bits per heavy atom. The van der Waals surface area contributed by atoms with E-state index < -0.39 is 24.1 Å². The van der Waals surface area contributed by atoms with Crippen molar-refractivity contribution in [3.8, 4) is 0 Å². The van der Waals surface area contributed by atoms with E-state index in [4.69, 9.17) is 9.47 Å². The highest BCUT2D eigenvalue weighted by Gasteiger charge is 2.67. The number of nitrogens with zero attached hydrogens (tertiary/aromatic N) is 2. The summed E-state index contributed by atoms with van der Waals surface area (Å²) < 4.78 is 10.4. The lowest BCUT2D eigenvalue weighted by Crippen LogP contribution is -2.61. The molecule has 0 radical (unpaired) electrons. The summed E-state index contributed by atoms with van der Waals surface area (Å²) in [6.45, 7) is 11.5. The zero-order valence-electron chi connectivity index (χ0n) is 24.6. The fraction of sp³-hybridized carbons (Fsp3) is 0.933. The van der Waals surface area contributed by atoms with Gasteiger partial charge in [0.2, 0.25) is 0 Å². The van der Waals surface area contributed by atoms with Gasteiger partial charge in [-0.1, -0.05) is 31.1 Å². The van der Waals surface area contributed by atoms with Gasteiger partial charge >= 0.3 is 11.9 Å². The SMILES string of the molecule is CC(CCC(=O)OCC(=O)OC(C)(C)C)C1CCC2C3C(N=O)CC4CC(O)CCC4(C)C3CC(N=O)C12C. The zero-order chi connectivity index (χ0) is 28.8. The normalized spacial score (nSPS) is 42.3. The zero-order valence-corrected chi connectivity index (χ0v) is 24.6. The van der Waals surface area contributed by atoms with E-state index in [1.165, 1.54) is 0 Å². The molecular weight excluding hydrogens is 500 g/mol. The maximum atomic E-state index is 12.4. The van der Waals surface area contributed by atoms with E-state index in [1.54, 1.807) is 20.8 Å². The molecule has 0 bridgehead atoms. The molecule has 4 fully saturated rings. The monoisotopic (exact) mass is 548 g/mol. The fourth-order valence-corrected chi connectivity index (χ4v) is 9.53. The second-order valence-corrected chi connectivity index (χ2v) is 14.5. The lowest BCUT2D eigenvalue weighted by atomic mass is 9.42. The highest BCUT2D eigenvalue weighted by Crippen LogP contribution is 2.69. The molecule has 0 heterocycles. The van der Waals surface area contributed by atoms with Crippen LogP contribution in [0.15, 0.2) is 10.4 Å². The van der Waals surface area contributed by atoms with Crippen LogP contribution in [-0.2, 0) is 19.1 Å². The number of ether oxygens (including phenoxy) is 2. The molecule has 0 spiro atoms. The molecule has 11 atom stereocenters. The van der Waals surface area contributed by atoms with Gasteiger partial charge in [-0.2, -0.15) is 9.81 Å². The predicted molar refractivity (Wildman–Crippen MR) is 146 cm³/mol. The van der Waals surface area contributed by atoms with Gasteiger partial charge in [-0.25, -0.2) is 4.79 Å². The number of rotatable bonds is 8. The molecule has 0 amide bonds. The average Bonchev–Trinajstić information content (AvgIpc) is 3.22. The van der Waals surface area contributed by atoms with Crippen molar-refractivity contribution in [3.05, 3.63) is 9.81 Å². The molecule has 4 saturated carbocycles. The Kier molecular flexibility index (Phi) is 8.61. The van der Waals surface area contributed by atoms with Gasteiger partial charge in [-0.3, -0.25) is 4.79 Å². The van der Waals surface area contributed by atoms with Crippen LogP contribution in [0.1, 0.15) is 99.3 Å². The minimum atomic E-state index is -0.637. The maximum absolute atomic E-state index is 12.4. The Morgan fingerprint density at radius 2 is 1.72 bits per heavy atom. The minimum absolute atomic E-state index is 0.0169. The summed E-state index contributed by atoms with van der Waals surface area (Å²) in [4.78, 5) is 49.0. The summed E-state index contributed by atoms with van der Waals surface area (Å²) in [7, 11) is 0. The first-order valence-corrected chi connectivity index (χ1v) is 14.9. The van der Waals surface area contributed by atoms with Crippen LogP contribution in [0.3, 0.4) is 0 Å². The summed E-state index contributed by atoms with van der Waals surface area (Å²) >= 11 is 0. The third-order valence-electron chi connectivity index (χ3n) is 11.4. The smallest absolute Gasteiger partial charge is 0.344 e. The molecule has 4 aliphatic carbocycles. The number of nitroso groups, excluding NO2 is 2. The van der Waals surface area contributed by atoms with Crippen LogP contribution < -0.4 is 0 Å². The summed E-state index contributed by atoms with van der Waals surface area (Å²) in [6, 6.07) is -0.653. The Hall–Kier alpha value is -1.90. The van der Waals surface area contributed by atoms with Gasteiger partial charge in [-0.15, -0.1) is 0 Å². The lowest BCUT2D eigenvalue weighted by molar-refractivity contribution is -0.166. The van der Waals surface area contributed by atoms with E-state index in [0.717, 1.165) is 25.7 Å². The number of carbonyl (C=O) groups is 2. The van der Waals surface area contributed by atoms with E-state index in [2.05, 4.69) is 31.1 Å². The second kappa shape index (κ2) is 11.2. The highest BCUT2D eigenvalue weighted by molar-refractivity contribution is 5.76. The van der Waals surface area contributed by atoms with Gasteiger partial charge < -0.3 is 14.6 Å². The van der Waals surface area contributed by atoms with E-state index >= 15 is 0 Å². The van der Waals surface area contributed by atoms with E-state index in [9.17, 15) is 24.5 Å². The molecule has 0 aromatic rings. The molecule has 0 aromatic carbocycles. The molecule has 0 saturated heterocycles. The van der Waals surface area contributed by atoms with E-state index in [-0.39, 0.29) is 70.9 Å². The molecule has 9 nitrogen and oxygen atoms in total. The van der Waals surface area contributed by atoms with Crippen LogP contribution in [-0.4, -0.2) is 47.4 Å². The summed E-state index contributed by atoms with van der Waals surface area (Å²) in [5.74, 6) is 0.0766. The quantitative estimate of drug-likeness (QED) is 0.300. The number of aliphatic hydroxyl groups excluding tert-OH is 1. The van der Waals surface area contributed by atoms with Crippen molar-refractivity contribution in [1.82, 2.24) is 0 Å². The van der Waals surface area contributed by atoms with Crippen molar-refractivity contribution in [2.45, 2.75) is 123 Å². The molecule has 1 N–H and O–H groups in total. The second-order valence-electron chi connectivity index (χ2n) is 14.5. The molecular formula is C30H48N2O7. The van der Waals surface area contributed by atoms with Crippen LogP contribution in [0.25, 0.3) is 0 Å². The third-order valence-corrected chi connectivity index (χ3v) is 11.4. The number of hydrogen-bond donors (Lipinski definition) is 1. The molecule has 39 heavy (non-hydrogen) atoms. The first-order chi connectivity index (χ1) is 18.2. The third kappa shape index (κ3) is 5.66. The van der Waals surface area contributed by atoms with Gasteiger partial charge in [0.25, 0.3) is 0 Å². The van der Waals surface area contributed by atoms with Gasteiger partial charge in [-0.05, 0) is 118 Å².